The summed E-state index contributed by atoms with van der Waals surface area (Å²) >= 11 is 21.8. The minimum atomic E-state index is -3.98. The van der Waals surface area contributed by atoms with Crippen LogP contribution in [-0.2, 0) is 31.7 Å². The fraction of sp³-hybridized carbons (Fsp3) is 1.00. The molecule has 0 aromatic heterocycles. The normalized spacial score (nSPS) is 12.7. The maximum absolute atomic E-state index is 12.4. The lowest BCUT2D eigenvalue weighted by Crippen LogP contribution is -2.09. The van der Waals surface area contributed by atoms with Gasteiger partial charge in [0.1, 0.15) is 0 Å². The van der Waals surface area contributed by atoms with Crippen LogP contribution in [0.2, 0.25) is 0 Å². The second kappa shape index (κ2) is 13.7. The van der Waals surface area contributed by atoms with Crippen LogP contribution in [0.15, 0.2) is 0 Å². The summed E-state index contributed by atoms with van der Waals surface area (Å²) in [5, 5.41) is 0. The van der Waals surface area contributed by atoms with Gasteiger partial charge in [0.05, 0.1) is 26.4 Å². The highest BCUT2D eigenvalue weighted by Gasteiger charge is 2.33. The van der Waals surface area contributed by atoms with Crippen LogP contribution in [0.4, 0.5) is 0 Å². The molecule has 7 nitrogen and oxygen atoms in total. The van der Waals surface area contributed by atoms with Crippen molar-refractivity contribution in [1.29, 1.82) is 0 Å². The van der Waals surface area contributed by atoms with Crippen LogP contribution in [-0.4, -0.2) is 56.3 Å². The van der Waals surface area contributed by atoms with E-state index in [1.54, 1.807) is 0 Å². The van der Waals surface area contributed by atoms with Crippen molar-refractivity contribution in [3.8, 4) is 0 Å². The summed E-state index contributed by atoms with van der Waals surface area (Å²) in [6, 6.07) is 0. The molecule has 22 heavy (non-hydrogen) atoms. The monoisotopic (exact) mass is 440 g/mol. The SMILES string of the molecule is O=P(COP(=O)(OCCCl)OCCCl)(OCCCl)OCCCl. The Morgan fingerprint density at radius 1 is 0.591 bits per heavy atom. The van der Waals surface area contributed by atoms with Gasteiger partial charge in [-0.25, -0.2) is 4.57 Å². The predicted octanol–water partition coefficient (Wildman–Crippen LogP) is 4.28. The Kier molecular flexibility index (Phi) is 14.6. The van der Waals surface area contributed by atoms with Crippen LogP contribution in [0.5, 0.6) is 0 Å². The van der Waals surface area contributed by atoms with Crippen LogP contribution >= 0.6 is 61.8 Å². The molecule has 0 fully saturated rings. The molecule has 0 rings (SSSR count). The standard InChI is InChI=1S/C9H18Cl4O7P2/c10-1-5-16-21(14,17-6-2-11)9-20-22(15,18-7-3-12)19-8-4-13/h1-9H2. The van der Waals surface area contributed by atoms with Crippen molar-refractivity contribution in [2.75, 3.05) is 56.3 Å². The smallest absolute Gasteiger partial charge is 0.306 e. The van der Waals surface area contributed by atoms with Crippen molar-refractivity contribution < 1.29 is 31.7 Å². The van der Waals surface area contributed by atoms with Gasteiger partial charge in [-0.05, 0) is 0 Å². The van der Waals surface area contributed by atoms with E-state index >= 15 is 0 Å². The molecule has 0 aliphatic heterocycles. The Labute approximate surface area is 149 Å². The quantitative estimate of drug-likeness (QED) is 0.277. The molecule has 134 valence electrons. The Hall–Kier alpha value is 1.42. The number of halogens is 4. The third-order valence-electron chi connectivity index (χ3n) is 1.76. The Balaban J connectivity index is 4.70. The first kappa shape index (κ1) is 23.4. The molecule has 13 heteroatoms. The third-order valence-corrected chi connectivity index (χ3v) is 5.62. The second-order valence-electron chi connectivity index (χ2n) is 3.41. The molecular weight excluding hydrogens is 424 g/mol. The molecule has 0 amide bonds. The highest BCUT2D eigenvalue weighted by Crippen LogP contribution is 2.56. The van der Waals surface area contributed by atoms with Gasteiger partial charge in [0.15, 0.2) is 6.35 Å². The van der Waals surface area contributed by atoms with Crippen molar-refractivity contribution in [1.82, 2.24) is 0 Å². The Bertz CT molecular complexity index is 316. The molecule has 0 N–H and O–H groups in total. The number of hydrogen-bond acceptors (Lipinski definition) is 7. The van der Waals surface area contributed by atoms with Gasteiger partial charge in [-0.3, -0.25) is 18.1 Å². The Morgan fingerprint density at radius 3 is 1.32 bits per heavy atom. The van der Waals surface area contributed by atoms with E-state index in [1.807, 2.05) is 0 Å². The van der Waals surface area contributed by atoms with Crippen LogP contribution in [0, 0.1) is 0 Å². The van der Waals surface area contributed by atoms with Gasteiger partial charge >= 0.3 is 15.4 Å². The maximum Gasteiger partial charge on any atom is 0.475 e. The summed E-state index contributed by atoms with van der Waals surface area (Å²) in [6.45, 7) is -0.257. The minimum absolute atomic E-state index is 0.0418. The molecule has 0 heterocycles. The first-order valence-electron chi connectivity index (χ1n) is 6.11. The summed E-state index contributed by atoms with van der Waals surface area (Å²) in [6.07, 6.45) is -0.650. The number of phosphoric acid groups is 1. The summed E-state index contributed by atoms with van der Waals surface area (Å²) in [5.74, 6) is 0.330. The fourth-order valence-electron chi connectivity index (χ4n) is 1.00. The van der Waals surface area contributed by atoms with E-state index in [4.69, 9.17) is 69.0 Å². The van der Waals surface area contributed by atoms with Crippen molar-refractivity contribution in [2.24, 2.45) is 0 Å². The zero-order valence-corrected chi connectivity index (χ0v) is 16.4. The largest absolute Gasteiger partial charge is 0.475 e. The average Bonchev–Trinajstić information content (AvgIpc) is 2.53. The molecular formula is C9H18Cl4O7P2. The zero-order chi connectivity index (χ0) is 16.9. The summed E-state index contributed by atoms with van der Waals surface area (Å²) < 4.78 is 49.5. The van der Waals surface area contributed by atoms with E-state index in [0.717, 1.165) is 0 Å². The predicted molar refractivity (Wildman–Crippen MR) is 87.9 cm³/mol. The van der Waals surface area contributed by atoms with E-state index in [1.165, 1.54) is 0 Å². The summed E-state index contributed by atoms with van der Waals surface area (Å²) in [7, 11) is -7.68. The topological polar surface area (TPSA) is 80.3 Å². The van der Waals surface area contributed by atoms with Gasteiger partial charge in [0.2, 0.25) is 0 Å². The molecule has 0 unspecified atom stereocenters. The molecule has 0 spiro atoms. The first-order chi connectivity index (χ1) is 10.4. The van der Waals surface area contributed by atoms with Gasteiger partial charge in [-0.1, -0.05) is 0 Å². The van der Waals surface area contributed by atoms with Gasteiger partial charge in [-0.2, -0.15) is 0 Å². The molecule has 0 radical (unpaired) electrons. The van der Waals surface area contributed by atoms with E-state index in [2.05, 4.69) is 0 Å². The molecule has 0 atom stereocenters. The van der Waals surface area contributed by atoms with E-state index < -0.39 is 21.8 Å². The summed E-state index contributed by atoms with van der Waals surface area (Å²) in [5.41, 5.74) is 0. The molecule has 0 aromatic carbocycles. The van der Waals surface area contributed by atoms with E-state index in [0.29, 0.717) is 0 Å². The van der Waals surface area contributed by atoms with Crippen molar-refractivity contribution >= 4 is 61.8 Å². The molecule has 0 aromatic rings. The second-order valence-corrected chi connectivity index (χ2v) is 8.58. The van der Waals surface area contributed by atoms with Crippen molar-refractivity contribution in [3.05, 3.63) is 0 Å². The number of rotatable bonds is 15. The number of alkyl halides is 4. The summed E-state index contributed by atoms with van der Waals surface area (Å²) in [4.78, 5) is 0. The highest BCUT2D eigenvalue weighted by atomic mass is 35.5. The van der Waals surface area contributed by atoms with Gasteiger partial charge in [0.25, 0.3) is 0 Å². The lowest BCUT2D eigenvalue weighted by molar-refractivity contribution is 0.123. The van der Waals surface area contributed by atoms with Gasteiger partial charge in [0, 0.05) is 23.5 Å². The molecule has 0 bridgehead atoms. The third kappa shape index (κ3) is 11.1. The molecule has 0 aliphatic carbocycles. The van der Waals surface area contributed by atoms with Crippen molar-refractivity contribution in [2.45, 2.75) is 0 Å². The molecule has 0 aliphatic rings. The minimum Gasteiger partial charge on any atom is -0.306 e. The Morgan fingerprint density at radius 2 is 0.955 bits per heavy atom. The van der Waals surface area contributed by atoms with Crippen LogP contribution < -0.4 is 0 Å². The highest BCUT2D eigenvalue weighted by molar-refractivity contribution is 7.55. The number of hydrogen-bond donors (Lipinski definition) is 0. The van der Waals surface area contributed by atoms with Crippen LogP contribution in [0.1, 0.15) is 0 Å². The van der Waals surface area contributed by atoms with Crippen LogP contribution in [0.25, 0.3) is 0 Å². The molecule has 0 saturated carbocycles. The lowest BCUT2D eigenvalue weighted by Gasteiger charge is -2.21. The molecule has 0 saturated heterocycles. The zero-order valence-electron chi connectivity index (χ0n) is 11.6. The maximum atomic E-state index is 12.4. The van der Waals surface area contributed by atoms with Gasteiger partial charge in [-0.15, -0.1) is 46.4 Å². The lowest BCUT2D eigenvalue weighted by atomic mass is 10.9. The van der Waals surface area contributed by atoms with Gasteiger partial charge < -0.3 is 9.05 Å². The first-order valence-corrected chi connectivity index (χ1v) is 11.4. The number of phosphoric ester groups is 1. The van der Waals surface area contributed by atoms with Crippen molar-refractivity contribution in [3.63, 3.8) is 0 Å². The van der Waals surface area contributed by atoms with E-state index in [9.17, 15) is 9.13 Å². The van der Waals surface area contributed by atoms with E-state index in [-0.39, 0.29) is 49.9 Å². The fourth-order valence-corrected chi connectivity index (χ4v) is 4.69. The van der Waals surface area contributed by atoms with Crippen LogP contribution in [0.3, 0.4) is 0 Å². The average molecular weight is 442 g/mol.